The summed E-state index contributed by atoms with van der Waals surface area (Å²) >= 11 is 0. The molecule has 1 aliphatic rings. The Labute approximate surface area is 231 Å². The Morgan fingerprint density at radius 3 is 2.45 bits per heavy atom. The van der Waals surface area contributed by atoms with Crippen LogP contribution in [0.5, 0.6) is 0 Å². The van der Waals surface area contributed by atoms with Gasteiger partial charge in [0.2, 0.25) is 11.8 Å². The first-order valence-electron chi connectivity index (χ1n) is 12.8. The van der Waals surface area contributed by atoms with E-state index in [-0.39, 0.29) is 24.5 Å². The summed E-state index contributed by atoms with van der Waals surface area (Å²) in [6, 6.07) is 7.92. The molecule has 1 saturated heterocycles. The molecule has 3 amide bonds. The van der Waals surface area contributed by atoms with E-state index in [9.17, 15) is 29.1 Å². The van der Waals surface area contributed by atoms with Crippen molar-refractivity contribution < 1.29 is 38.4 Å². The fourth-order valence-corrected chi connectivity index (χ4v) is 4.25. The standard InChI is InChI=1S/C26H32BN5O8/c1-16(2)11-20(27-39-22(34)14-26(40-27,25(37)38)13-21(33)28-3)32-23(35)18(12-17-7-5-4-6-8-17)31-24(36)19-15-29-9-10-30-19/h4-10,15-16,18,20H,11-14H2,1-3H3,(H,28,33)(H,31,36)(H,32,35)(H,37,38)/t18?,20?,26-/m0/s1. The highest BCUT2D eigenvalue weighted by molar-refractivity contribution is 6.50. The minimum Gasteiger partial charge on any atom is -0.508 e. The molecule has 3 atom stereocenters. The number of hydrogen-bond acceptors (Lipinski definition) is 9. The molecule has 40 heavy (non-hydrogen) atoms. The number of amides is 3. The molecule has 1 aliphatic heterocycles. The molecule has 1 fully saturated rings. The van der Waals surface area contributed by atoms with Crippen molar-refractivity contribution in [3.8, 4) is 0 Å². The SMILES string of the molecule is CNC(=O)C[C@@]1(C(=O)O)CC(=O)OB(C(CC(C)C)NC(=O)C(Cc2ccccc2)NC(=O)c2cnccn2)O1. The molecule has 1 aromatic heterocycles. The smallest absolute Gasteiger partial charge is 0.508 e. The molecule has 2 unspecified atom stereocenters. The van der Waals surface area contributed by atoms with Gasteiger partial charge in [-0.25, -0.2) is 9.78 Å². The van der Waals surface area contributed by atoms with Crippen LogP contribution in [0.25, 0.3) is 0 Å². The average Bonchev–Trinajstić information content (AvgIpc) is 2.92. The molecule has 0 radical (unpaired) electrons. The Bertz CT molecular complexity index is 1220. The third-order valence-electron chi connectivity index (χ3n) is 6.22. The molecule has 13 nitrogen and oxygen atoms in total. The molecule has 3 rings (SSSR count). The van der Waals surface area contributed by atoms with Crippen molar-refractivity contribution in [3.63, 3.8) is 0 Å². The Morgan fingerprint density at radius 2 is 1.85 bits per heavy atom. The van der Waals surface area contributed by atoms with Crippen LogP contribution in [0.2, 0.25) is 0 Å². The van der Waals surface area contributed by atoms with Crippen LogP contribution in [0.1, 0.15) is 49.2 Å². The lowest BCUT2D eigenvalue weighted by Crippen LogP contribution is -2.63. The Morgan fingerprint density at radius 1 is 1.12 bits per heavy atom. The van der Waals surface area contributed by atoms with Gasteiger partial charge in [0.1, 0.15) is 11.7 Å². The fourth-order valence-electron chi connectivity index (χ4n) is 4.25. The van der Waals surface area contributed by atoms with Gasteiger partial charge in [-0.3, -0.25) is 24.2 Å². The van der Waals surface area contributed by atoms with Gasteiger partial charge >= 0.3 is 13.1 Å². The highest BCUT2D eigenvalue weighted by Crippen LogP contribution is 2.30. The minimum atomic E-state index is -2.18. The van der Waals surface area contributed by atoms with E-state index in [2.05, 4.69) is 25.9 Å². The molecule has 14 heteroatoms. The van der Waals surface area contributed by atoms with Crippen molar-refractivity contribution in [2.45, 2.75) is 57.1 Å². The molecular formula is C26H32BN5O8. The van der Waals surface area contributed by atoms with Gasteiger partial charge in [0.25, 0.3) is 11.9 Å². The van der Waals surface area contributed by atoms with Gasteiger partial charge in [-0.1, -0.05) is 44.2 Å². The number of nitrogens with zero attached hydrogens (tertiary/aromatic N) is 2. The summed E-state index contributed by atoms with van der Waals surface area (Å²) in [5, 5.41) is 17.7. The number of aliphatic carboxylic acids is 1. The zero-order valence-electron chi connectivity index (χ0n) is 22.5. The van der Waals surface area contributed by atoms with Gasteiger partial charge in [0.05, 0.1) is 25.0 Å². The molecule has 212 valence electrons. The van der Waals surface area contributed by atoms with Crippen LogP contribution in [0.4, 0.5) is 0 Å². The second kappa shape index (κ2) is 13.6. The second-order valence-corrected chi connectivity index (χ2v) is 9.85. The van der Waals surface area contributed by atoms with Crippen LogP contribution in [0, 0.1) is 5.92 Å². The molecule has 1 aromatic carbocycles. The summed E-state index contributed by atoms with van der Waals surface area (Å²) in [5.41, 5.74) is -1.40. The largest absolute Gasteiger partial charge is 0.552 e. The van der Waals surface area contributed by atoms with Gasteiger partial charge < -0.3 is 30.4 Å². The van der Waals surface area contributed by atoms with E-state index in [0.29, 0.717) is 0 Å². The van der Waals surface area contributed by atoms with E-state index < -0.39 is 67.2 Å². The Balaban J connectivity index is 1.88. The van der Waals surface area contributed by atoms with Crippen molar-refractivity contribution in [3.05, 3.63) is 60.2 Å². The van der Waals surface area contributed by atoms with E-state index in [0.717, 1.165) is 5.56 Å². The third-order valence-corrected chi connectivity index (χ3v) is 6.22. The molecule has 0 spiro atoms. The van der Waals surface area contributed by atoms with Gasteiger partial charge in [-0.05, 0) is 17.9 Å². The summed E-state index contributed by atoms with van der Waals surface area (Å²) < 4.78 is 11.1. The number of carboxylic acids is 1. The average molecular weight is 553 g/mol. The molecule has 0 saturated carbocycles. The number of aromatic nitrogens is 2. The number of rotatable bonds is 12. The van der Waals surface area contributed by atoms with Gasteiger partial charge in [-0.15, -0.1) is 0 Å². The molecule has 2 heterocycles. The lowest BCUT2D eigenvalue weighted by atomic mass is 9.70. The normalized spacial score (nSPS) is 18.3. The highest BCUT2D eigenvalue weighted by atomic mass is 16.6. The van der Waals surface area contributed by atoms with E-state index in [1.165, 1.54) is 25.6 Å². The van der Waals surface area contributed by atoms with Gasteiger partial charge in [0, 0.05) is 25.9 Å². The lowest BCUT2D eigenvalue weighted by Gasteiger charge is -2.38. The first-order valence-corrected chi connectivity index (χ1v) is 12.8. The van der Waals surface area contributed by atoms with Crippen LogP contribution in [0.15, 0.2) is 48.9 Å². The molecule has 4 N–H and O–H groups in total. The molecule has 2 aromatic rings. The topological polar surface area (TPSA) is 186 Å². The maximum atomic E-state index is 13.6. The quantitative estimate of drug-likeness (QED) is 0.266. The highest BCUT2D eigenvalue weighted by Gasteiger charge is 2.54. The molecule has 0 aliphatic carbocycles. The monoisotopic (exact) mass is 553 g/mol. The zero-order valence-corrected chi connectivity index (χ0v) is 22.5. The summed E-state index contributed by atoms with van der Waals surface area (Å²) in [6.45, 7) is 3.71. The number of nitrogens with one attached hydrogen (secondary N) is 3. The third kappa shape index (κ3) is 8.09. The Hall–Kier alpha value is -4.33. The zero-order chi connectivity index (χ0) is 29.3. The van der Waals surface area contributed by atoms with Crippen molar-refractivity contribution >= 4 is 36.8 Å². The second-order valence-electron chi connectivity index (χ2n) is 9.85. The fraction of sp³-hybridized carbons (Fsp3) is 0.423. The van der Waals surface area contributed by atoms with Crippen molar-refractivity contribution in [1.29, 1.82) is 0 Å². The number of carbonyl (C=O) groups is 5. The minimum absolute atomic E-state index is 0.0112. The number of hydrogen-bond donors (Lipinski definition) is 4. The number of carbonyl (C=O) groups excluding carboxylic acids is 4. The number of benzene rings is 1. The van der Waals surface area contributed by atoms with Crippen molar-refractivity contribution in [2.75, 3.05) is 7.05 Å². The van der Waals surface area contributed by atoms with Crippen molar-refractivity contribution in [2.24, 2.45) is 5.92 Å². The summed E-state index contributed by atoms with van der Waals surface area (Å²) in [6.07, 6.45) is 3.07. The first-order chi connectivity index (χ1) is 19.0. The predicted molar refractivity (Wildman–Crippen MR) is 141 cm³/mol. The van der Waals surface area contributed by atoms with Crippen LogP contribution in [-0.2, 0) is 34.9 Å². The summed E-state index contributed by atoms with van der Waals surface area (Å²) in [7, 11) is -0.165. The van der Waals surface area contributed by atoms with Crippen molar-refractivity contribution in [1.82, 2.24) is 25.9 Å². The molecule has 0 bridgehead atoms. The van der Waals surface area contributed by atoms with E-state index in [4.69, 9.17) is 9.31 Å². The van der Waals surface area contributed by atoms with Crippen LogP contribution >= 0.6 is 0 Å². The predicted octanol–water partition coefficient (Wildman–Crippen LogP) is 0.299. The lowest BCUT2D eigenvalue weighted by molar-refractivity contribution is -0.172. The Kier molecular flexibility index (Phi) is 10.3. The van der Waals surface area contributed by atoms with Gasteiger partial charge in [0.15, 0.2) is 5.60 Å². The summed E-state index contributed by atoms with van der Waals surface area (Å²) in [4.78, 5) is 71.1. The molecular weight excluding hydrogens is 521 g/mol. The number of carboxylic acid groups (broad SMARTS) is 1. The van der Waals surface area contributed by atoms with Crippen LogP contribution < -0.4 is 16.0 Å². The van der Waals surface area contributed by atoms with Gasteiger partial charge in [-0.2, -0.15) is 0 Å². The van der Waals surface area contributed by atoms with E-state index in [1.54, 1.807) is 24.3 Å². The van der Waals surface area contributed by atoms with E-state index in [1.807, 2.05) is 19.9 Å². The van der Waals surface area contributed by atoms with Crippen LogP contribution in [-0.4, -0.2) is 76.5 Å². The summed E-state index contributed by atoms with van der Waals surface area (Å²) in [5.74, 6) is -5.33. The van der Waals surface area contributed by atoms with E-state index >= 15 is 0 Å². The maximum absolute atomic E-state index is 13.6. The van der Waals surface area contributed by atoms with Crippen LogP contribution in [0.3, 0.4) is 0 Å². The maximum Gasteiger partial charge on any atom is 0.552 e. The first kappa shape index (κ1) is 30.2.